The van der Waals surface area contributed by atoms with Crippen molar-refractivity contribution in [3.8, 4) is 11.1 Å². The molecule has 1 fully saturated rings. The zero-order chi connectivity index (χ0) is 38.4. The fraction of sp³-hybridized carbons (Fsp3) is 0.385. The molecule has 2 aliphatic rings. The highest BCUT2D eigenvalue weighted by Gasteiger charge is 2.39. The molecule has 0 saturated carbocycles. The first-order valence-corrected chi connectivity index (χ1v) is 17.6. The summed E-state index contributed by atoms with van der Waals surface area (Å²) in [6.45, 7) is 6.86. The van der Waals surface area contributed by atoms with E-state index in [-0.39, 0.29) is 41.9 Å². The summed E-state index contributed by atoms with van der Waals surface area (Å²) in [5.41, 5.74) is 10.9. The summed E-state index contributed by atoms with van der Waals surface area (Å²) in [7, 11) is 1.24. The molecule has 3 aromatic carbocycles. The van der Waals surface area contributed by atoms with Crippen molar-refractivity contribution >= 4 is 47.1 Å². The lowest BCUT2D eigenvalue weighted by Gasteiger charge is -2.30. The number of ether oxygens (including phenoxy) is 2. The lowest BCUT2D eigenvalue weighted by atomic mass is 9.98. The monoisotopic (exact) mass is 726 g/mol. The summed E-state index contributed by atoms with van der Waals surface area (Å²) in [5, 5.41) is 10.6. The Balaban J connectivity index is 1.13. The molecule has 5 rings (SSSR count). The number of esters is 1. The van der Waals surface area contributed by atoms with Gasteiger partial charge in [-0.05, 0) is 73.1 Å². The van der Waals surface area contributed by atoms with E-state index in [1.165, 1.54) is 44.1 Å². The van der Waals surface area contributed by atoms with Crippen LogP contribution in [0.15, 0.2) is 66.7 Å². The van der Waals surface area contributed by atoms with Crippen LogP contribution in [0.25, 0.3) is 11.1 Å². The van der Waals surface area contributed by atoms with Crippen LogP contribution in [0.2, 0.25) is 0 Å². The van der Waals surface area contributed by atoms with Crippen molar-refractivity contribution in [3.63, 3.8) is 0 Å². The summed E-state index contributed by atoms with van der Waals surface area (Å²) < 4.78 is 10.3. The largest absolute Gasteiger partial charge is 0.465 e. The standard InChI is InChI=1S/C39H46N6O8/c1-21(2)33(36(48)43-31-19-24(38(50)52-5)16-17-30(31)40)44-35(47)32-15-10-18-45(32)37(49)23(4)41-34(46)22(3)42-39(51)53-20-29-27-13-8-6-11-25(27)26-12-7-9-14-28(26)29/h6-9,11-14,16-17,19,21-23,29,32-33H,10,15,18,20,40H2,1-5H3,(H,41,46)(H,42,51)(H,43,48)(H,44,47). The number of hydrogen-bond donors (Lipinski definition) is 5. The molecular weight excluding hydrogens is 680 g/mol. The minimum Gasteiger partial charge on any atom is -0.465 e. The van der Waals surface area contributed by atoms with E-state index >= 15 is 0 Å². The summed E-state index contributed by atoms with van der Waals surface area (Å²) in [5.74, 6) is -3.27. The van der Waals surface area contributed by atoms with Gasteiger partial charge in [-0.15, -0.1) is 0 Å². The lowest BCUT2D eigenvalue weighted by molar-refractivity contribution is -0.141. The molecule has 1 heterocycles. The number of benzene rings is 3. The third-order valence-corrected chi connectivity index (χ3v) is 9.62. The van der Waals surface area contributed by atoms with Crippen molar-refractivity contribution in [1.82, 2.24) is 20.9 Å². The van der Waals surface area contributed by atoms with Gasteiger partial charge >= 0.3 is 12.1 Å². The van der Waals surface area contributed by atoms with Crippen LogP contribution in [0.3, 0.4) is 0 Å². The lowest BCUT2D eigenvalue weighted by Crippen LogP contribution is -2.57. The zero-order valence-electron chi connectivity index (χ0n) is 30.4. The van der Waals surface area contributed by atoms with Crippen molar-refractivity contribution in [2.24, 2.45) is 5.92 Å². The predicted octanol–water partition coefficient (Wildman–Crippen LogP) is 3.56. The van der Waals surface area contributed by atoms with Crippen LogP contribution in [0.4, 0.5) is 16.2 Å². The number of nitrogen functional groups attached to an aromatic ring is 1. The molecule has 1 saturated heterocycles. The minimum absolute atomic E-state index is 0.0808. The third-order valence-electron chi connectivity index (χ3n) is 9.62. The molecule has 1 aliphatic carbocycles. The Labute approximate surface area is 308 Å². The maximum absolute atomic E-state index is 13.5. The number of nitrogens with one attached hydrogen (secondary N) is 4. The highest BCUT2D eigenvalue weighted by Crippen LogP contribution is 2.44. The van der Waals surface area contributed by atoms with E-state index in [2.05, 4.69) is 21.3 Å². The molecule has 14 nitrogen and oxygen atoms in total. The number of rotatable bonds is 12. The van der Waals surface area contributed by atoms with E-state index in [1.807, 2.05) is 48.5 Å². The Hall–Kier alpha value is -5.92. The van der Waals surface area contributed by atoms with Crippen LogP contribution < -0.4 is 27.0 Å². The number of likely N-dealkylation sites (tertiary alicyclic amines) is 1. The second-order valence-electron chi connectivity index (χ2n) is 13.6. The topological polar surface area (TPSA) is 198 Å². The molecule has 0 aromatic heterocycles. The smallest absolute Gasteiger partial charge is 0.407 e. The fourth-order valence-electron chi connectivity index (χ4n) is 6.74. The van der Waals surface area contributed by atoms with E-state index < -0.39 is 59.9 Å². The molecule has 0 spiro atoms. The van der Waals surface area contributed by atoms with Crippen LogP contribution >= 0.6 is 0 Å². The molecule has 14 heteroatoms. The van der Waals surface area contributed by atoms with E-state index in [9.17, 15) is 28.8 Å². The number of anilines is 2. The number of amides is 5. The van der Waals surface area contributed by atoms with Gasteiger partial charge in [0.15, 0.2) is 0 Å². The van der Waals surface area contributed by atoms with Crippen LogP contribution in [0, 0.1) is 5.92 Å². The van der Waals surface area contributed by atoms with Gasteiger partial charge in [0.1, 0.15) is 30.8 Å². The highest BCUT2D eigenvalue weighted by molar-refractivity contribution is 6.02. The average molecular weight is 727 g/mol. The summed E-state index contributed by atoms with van der Waals surface area (Å²) in [6, 6.07) is 16.3. The predicted molar refractivity (Wildman–Crippen MR) is 198 cm³/mol. The van der Waals surface area contributed by atoms with Crippen molar-refractivity contribution < 1.29 is 38.2 Å². The Kier molecular flexibility index (Phi) is 12.0. The maximum atomic E-state index is 13.5. The quantitative estimate of drug-likeness (QED) is 0.137. The normalized spacial score (nSPS) is 16.4. The Morgan fingerprint density at radius 3 is 2.09 bits per heavy atom. The summed E-state index contributed by atoms with van der Waals surface area (Å²) in [4.78, 5) is 79.6. The molecule has 4 unspecified atom stereocenters. The van der Waals surface area contributed by atoms with Gasteiger partial charge in [-0.1, -0.05) is 62.4 Å². The van der Waals surface area contributed by atoms with Crippen LogP contribution in [-0.4, -0.2) is 85.0 Å². The van der Waals surface area contributed by atoms with E-state index in [4.69, 9.17) is 15.2 Å². The average Bonchev–Trinajstić information content (AvgIpc) is 3.76. The summed E-state index contributed by atoms with van der Waals surface area (Å²) >= 11 is 0. The molecule has 6 N–H and O–H groups in total. The molecular formula is C39H46N6O8. The van der Waals surface area contributed by atoms with Crippen molar-refractivity contribution in [2.45, 2.75) is 70.6 Å². The van der Waals surface area contributed by atoms with Gasteiger partial charge in [-0.25, -0.2) is 9.59 Å². The van der Waals surface area contributed by atoms with Gasteiger partial charge in [0.25, 0.3) is 0 Å². The van der Waals surface area contributed by atoms with Crippen molar-refractivity contribution in [2.75, 3.05) is 31.3 Å². The number of alkyl carbamates (subject to hydrolysis) is 1. The van der Waals surface area contributed by atoms with Gasteiger partial charge < -0.3 is 41.4 Å². The first-order chi connectivity index (χ1) is 25.3. The number of nitrogens with two attached hydrogens (primary N) is 1. The van der Waals surface area contributed by atoms with Gasteiger partial charge in [0.2, 0.25) is 23.6 Å². The highest BCUT2D eigenvalue weighted by atomic mass is 16.5. The van der Waals surface area contributed by atoms with Crippen LogP contribution in [0.1, 0.15) is 67.9 Å². The number of fused-ring (bicyclic) bond motifs is 3. The third kappa shape index (κ3) is 8.59. The minimum atomic E-state index is -1.02. The number of carbonyl (C=O) groups is 6. The Bertz CT molecular complexity index is 1850. The zero-order valence-corrected chi connectivity index (χ0v) is 30.4. The molecule has 0 radical (unpaired) electrons. The summed E-state index contributed by atoms with van der Waals surface area (Å²) in [6.07, 6.45) is 0.130. The van der Waals surface area contributed by atoms with Crippen LogP contribution in [-0.2, 0) is 28.7 Å². The molecule has 280 valence electrons. The number of hydrogen-bond acceptors (Lipinski definition) is 9. The Morgan fingerprint density at radius 1 is 0.830 bits per heavy atom. The first-order valence-electron chi connectivity index (χ1n) is 17.6. The first kappa shape index (κ1) is 38.3. The molecule has 5 amide bonds. The fourth-order valence-corrected chi connectivity index (χ4v) is 6.74. The Morgan fingerprint density at radius 2 is 1.47 bits per heavy atom. The SMILES string of the molecule is COC(=O)c1ccc(N)c(NC(=O)C(NC(=O)C2CCCN2C(=O)C(C)NC(=O)C(C)NC(=O)OCC2c3ccccc3-c3ccccc32)C(C)C)c1. The molecule has 53 heavy (non-hydrogen) atoms. The van der Waals surface area contributed by atoms with Gasteiger partial charge in [0.05, 0.1) is 24.0 Å². The van der Waals surface area contributed by atoms with E-state index in [1.54, 1.807) is 13.8 Å². The van der Waals surface area contributed by atoms with Gasteiger partial charge in [-0.2, -0.15) is 0 Å². The van der Waals surface area contributed by atoms with Crippen LogP contribution in [0.5, 0.6) is 0 Å². The number of methoxy groups -OCH3 is 1. The van der Waals surface area contributed by atoms with Crippen molar-refractivity contribution in [1.29, 1.82) is 0 Å². The van der Waals surface area contributed by atoms with Crippen molar-refractivity contribution in [3.05, 3.63) is 83.4 Å². The molecule has 0 bridgehead atoms. The maximum Gasteiger partial charge on any atom is 0.407 e. The molecule has 1 aliphatic heterocycles. The van der Waals surface area contributed by atoms with Gasteiger partial charge in [0, 0.05) is 12.5 Å². The number of nitrogens with zero attached hydrogens (tertiary/aromatic N) is 1. The molecule has 3 aromatic rings. The number of carbonyl (C=O) groups excluding carboxylic acids is 6. The second-order valence-corrected chi connectivity index (χ2v) is 13.6. The second kappa shape index (κ2) is 16.6. The van der Waals surface area contributed by atoms with E-state index in [0.29, 0.717) is 12.8 Å². The van der Waals surface area contributed by atoms with E-state index in [0.717, 1.165) is 22.3 Å². The van der Waals surface area contributed by atoms with Gasteiger partial charge in [-0.3, -0.25) is 19.2 Å². The molecule has 4 atom stereocenters.